The molecule has 0 unspecified atom stereocenters. The maximum absolute atomic E-state index is 12.3. The first kappa shape index (κ1) is 27.7. The fourth-order valence-electron chi connectivity index (χ4n) is 3.17. The van der Waals surface area contributed by atoms with Gasteiger partial charge in [-0.2, -0.15) is 0 Å². The number of amides is 4. The zero-order valence-corrected chi connectivity index (χ0v) is 20.2. The van der Waals surface area contributed by atoms with Gasteiger partial charge >= 0.3 is 0 Å². The van der Waals surface area contributed by atoms with Gasteiger partial charge in [-0.25, -0.2) is 9.13 Å². The topological polar surface area (TPSA) is 166 Å². The lowest BCUT2D eigenvalue weighted by atomic mass is 10.2. The van der Waals surface area contributed by atoms with Crippen LogP contribution in [-0.4, -0.2) is 38.4 Å². The van der Waals surface area contributed by atoms with Gasteiger partial charge < -0.3 is 43.9 Å². The first-order valence-electron chi connectivity index (χ1n) is 10.4. The van der Waals surface area contributed by atoms with Gasteiger partial charge in [0.1, 0.15) is 23.9 Å². The van der Waals surface area contributed by atoms with Gasteiger partial charge in [0.15, 0.2) is 13.1 Å². The number of halogens is 1. The number of nitrogens with zero attached hydrogens (tertiary/aromatic N) is 2. The van der Waals surface area contributed by atoms with E-state index in [4.69, 9.17) is 0 Å². The van der Waals surface area contributed by atoms with E-state index in [0.29, 0.717) is 11.4 Å². The molecule has 0 bridgehead atoms. The van der Waals surface area contributed by atoms with Crippen LogP contribution in [0, 0.1) is 0 Å². The summed E-state index contributed by atoms with van der Waals surface area (Å²) in [6.07, 6.45) is 4.76. The minimum Gasteiger partial charge on any atom is -1.00 e. The summed E-state index contributed by atoms with van der Waals surface area (Å²) in [5.74, 6) is -1.79. The summed E-state index contributed by atoms with van der Waals surface area (Å²) >= 11 is 0. The van der Waals surface area contributed by atoms with Crippen molar-refractivity contribution in [2.45, 2.75) is 26.9 Å². The molecule has 12 nitrogen and oxygen atoms in total. The Labute approximate surface area is 212 Å². The number of benzene rings is 2. The molecule has 0 spiro atoms. The Bertz CT molecular complexity index is 1200. The van der Waals surface area contributed by atoms with Crippen LogP contribution in [-0.2, 0) is 32.3 Å². The van der Waals surface area contributed by atoms with Crippen molar-refractivity contribution in [3.8, 4) is 11.5 Å². The summed E-state index contributed by atoms with van der Waals surface area (Å²) in [7, 11) is 0. The van der Waals surface area contributed by atoms with E-state index in [9.17, 15) is 29.4 Å². The van der Waals surface area contributed by atoms with Crippen LogP contribution >= 0.6 is 0 Å². The third kappa shape index (κ3) is 8.02. The maximum atomic E-state index is 12.3. The Kier molecular flexibility index (Phi) is 9.39. The van der Waals surface area contributed by atoms with E-state index in [0.717, 1.165) is 0 Å². The highest BCUT2D eigenvalue weighted by Crippen LogP contribution is 2.27. The monoisotopic (exact) mass is 516 g/mol. The maximum Gasteiger partial charge on any atom is 0.266 e. The molecule has 36 heavy (non-hydrogen) atoms. The van der Waals surface area contributed by atoms with Crippen LogP contribution in [0.5, 0.6) is 11.5 Å². The molecule has 190 valence electrons. The molecule has 0 aliphatic carbocycles. The van der Waals surface area contributed by atoms with E-state index in [-0.39, 0.29) is 60.2 Å². The second-order valence-electron chi connectivity index (χ2n) is 7.68. The van der Waals surface area contributed by atoms with Crippen molar-refractivity contribution in [1.82, 2.24) is 4.57 Å². The van der Waals surface area contributed by atoms with Gasteiger partial charge in [0.05, 0.1) is 11.4 Å². The molecule has 0 fully saturated rings. The highest BCUT2D eigenvalue weighted by atomic mass is 35.5. The first-order chi connectivity index (χ1) is 16.6. The number of carbonyl (C=O) groups excluding carboxylic acids is 4. The van der Waals surface area contributed by atoms with Crippen LogP contribution < -0.4 is 38.2 Å². The number of nitrogens with one attached hydrogen (secondary N) is 4. The Morgan fingerprint density at radius 2 is 1.31 bits per heavy atom. The Hall–Kier alpha value is -4.58. The van der Waals surface area contributed by atoms with E-state index in [1.165, 1.54) is 38.1 Å². The van der Waals surface area contributed by atoms with Crippen LogP contribution in [0.1, 0.15) is 13.8 Å². The Balaban J connectivity index is 0.00000456. The van der Waals surface area contributed by atoms with E-state index >= 15 is 0 Å². The number of carbonyl (C=O) groups is 4. The van der Waals surface area contributed by atoms with Crippen molar-refractivity contribution >= 4 is 46.4 Å². The number of phenolic OH excluding ortho intramolecular Hbond substituents is 2. The molecule has 13 heteroatoms. The second-order valence-corrected chi connectivity index (χ2v) is 7.68. The number of aromatic nitrogens is 2. The zero-order chi connectivity index (χ0) is 25.5. The Morgan fingerprint density at radius 3 is 1.78 bits per heavy atom. The van der Waals surface area contributed by atoms with Gasteiger partial charge in [-0.15, -0.1) is 0 Å². The highest BCUT2D eigenvalue weighted by Gasteiger charge is 2.15. The molecule has 0 radical (unpaired) electrons. The predicted molar refractivity (Wildman–Crippen MR) is 127 cm³/mol. The van der Waals surface area contributed by atoms with Crippen LogP contribution in [0.3, 0.4) is 0 Å². The summed E-state index contributed by atoms with van der Waals surface area (Å²) < 4.78 is 3.09. The van der Waals surface area contributed by atoms with Crippen molar-refractivity contribution in [1.29, 1.82) is 0 Å². The third-order valence-electron chi connectivity index (χ3n) is 4.58. The molecule has 1 aromatic heterocycles. The largest absolute Gasteiger partial charge is 1.00 e. The van der Waals surface area contributed by atoms with Gasteiger partial charge in [-0.05, 0) is 24.3 Å². The number of anilines is 4. The van der Waals surface area contributed by atoms with E-state index in [2.05, 4.69) is 21.3 Å². The normalized spacial score (nSPS) is 10.1. The molecule has 0 aliphatic rings. The Morgan fingerprint density at radius 1 is 0.806 bits per heavy atom. The number of phenols is 2. The zero-order valence-electron chi connectivity index (χ0n) is 19.4. The van der Waals surface area contributed by atoms with E-state index < -0.39 is 11.8 Å². The standard InChI is InChI=1S/C23H24N6O6.ClH/c1-14(30)24-16-3-5-18(20(32)9-16)26-22(34)11-28-7-8-29(13-28)12-23(35)27-19-6-4-17(10-21(19)33)25-15(2)31;/h3-10,13H,11-12H2,1-2H3,(H5-,24,25,26,27,30,31,32,33,34,35);1H. The smallest absolute Gasteiger partial charge is 0.266 e. The molecule has 2 aromatic carbocycles. The molecule has 0 atom stereocenters. The van der Waals surface area contributed by atoms with Crippen LogP contribution in [0.2, 0.25) is 0 Å². The fraction of sp³-hybridized carbons (Fsp3) is 0.174. The van der Waals surface area contributed by atoms with Gasteiger partial charge in [-0.1, -0.05) is 0 Å². The van der Waals surface area contributed by atoms with Gasteiger partial charge in [0.2, 0.25) is 18.1 Å². The molecule has 4 amide bonds. The quantitative estimate of drug-likeness (QED) is 0.156. The van der Waals surface area contributed by atoms with Crippen molar-refractivity contribution < 1.29 is 46.4 Å². The van der Waals surface area contributed by atoms with Crippen LogP contribution in [0.15, 0.2) is 55.1 Å². The van der Waals surface area contributed by atoms with Gasteiger partial charge in [0, 0.05) is 37.4 Å². The van der Waals surface area contributed by atoms with Crippen LogP contribution in [0.25, 0.3) is 0 Å². The van der Waals surface area contributed by atoms with Gasteiger partial charge in [-0.3, -0.25) is 19.2 Å². The molecule has 3 rings (SSSR count). The van der Waals surface area contributed by atoms with Crippen molar-refractivity contribution in [2.75, 3.05) is 21.3 Å². The minimum atomic E-state index is -0.413. The molecule has 3 aromatic rings. The summed E-state index contributed by atoms with van der Waals surface area (Å²) in [6, 6.07) is 8.68. The molecule has 0 aliphatic heterocycles. The average molecular weight is 517 g/mol. The minimum absolute atomic E-state index is 0. The molecule has 0 saturated heterocycles. The number of aromatic hydroxyl groups is 2. The lowest BCUT2D eigenvalue weighted by Gasteiger charge is -2.09. The van der Waals surface area contributed by atoms with E-state index in [1.54, 1.807) is 40.0 Å². The SMILES string of the molecule is CC(=O)Nc1ccc(NC(=O)Cn2cc[n+](CC(=O)Nc3ccc(NC(C)=O)cc3O)c2)c(O)c1.[Cl-]. The molecular weight excluding hydrogens is 492 g/mol. The third-order valence-corrected chi connectivity index (χ3v) is 4.58. The fourth-order valence-corrected chi connectivity index (χ4v) is 3.17. The van der Waals surface area contributed by atoms with Gasteiger partial charge in [0.25, 0.3) is 11.8 Å². The number of rotatable bonds is 8. The predicted octanol–water partition coefficient (Wildman–Crippen LogP) is -1.61. The lowest BCUT2D eigenvalue weighted by molar-refractivity contribution is -0.683. The summed E-state index contributed by atoms with van der Waals surface area (Å²) in [4.78, 5) is 46.9. The molecule has 6 N–H and O–H groups in total. The number of hydrogen-bond donors (Lipinski definition) is 6. The number of imidazole rings is 1. The van der Waals surface area contributed by atoms with Crippen molar-refractivity contribution in [3.05, 3.63) is 55.1 Å². The molecule has 1 heterocycles. The lowest BCUT2D eigenvalue weighted by Crippen LogP contribution is -3.00. The molecule has 0 saturated carbocycles. The first-order valence-corrected chi connectivity index (χ1v) is 10.4. The average Bonchev–Trinajstić information content (AvgIpc) is 3.17. The second kappa shape index (κ2) is 12.2. The summed E-state index contributed by atoms with van der Waals surface area (Å²) in [5, 5.41) is 30.3. The van der Waals surface area contributed by atoms with Crippen molar-refractivity contribution in [3.63, 3.8) is 0 Å². The highest BCUT2D eigenvalue weighted by molar-refractivity contribution is 5.94. The summed E-state index contributed by atoms with van der Waals surface area (Å²) in [5.41, 5.74) is 1.17. The van der Waals surface area contributed by atoms with Crippen LogP contribution in [0.4, 0.5) is 22.7 Å². The summed E-state index contributed by atoms with van der Waals surface area (Å²) in [6.45, 7) is 2.53. The molecular formula is C23H25ClN6O6. The van der Waals surface area contributed by atoms with Crippen molar-refractivity contribution in [2.24, 2.45) is 0 Å². The van der Waals surface area contributed by atoms with E-state index in [1.807, 2.05) is 0 Å². The number of hydrogen-bond acceptors (Lipinski definition) is 6.